The fourth-order valence-electron chi connectivity index (χ4n) is 4.49. The molecular formula is C25H23ClN4O3. The number of nitrogens with zero attached hydrogens (tertiary/aromatic N) is 4. The number of rotatable bonds is 2. The van der Waals surface area contributed by atoms with Crippen molar-refractivity contribution in [2.45, 2.75) is 39.3 Å². The summed E-state index contributed by atoms with van der Waals surface area (Å²) in [5.41, 5.74) is 3.24. The third-order valence-electron chi connectivity index (χ3n) is 6.08. The third-order valence-corrected chi connectivity index (χ3v) is 6.40. The molecule has 0 radical (unpaired) electrons. The normalized spacial score (nSPS) is 15.6. The van der Waals surface area contributed by atoms with Crippen molar-refractivity contribution in [2.75, 3.05) is 11.4 Å². The minimum absolute atomic E-state index is 0.125. The van der Waals surface area contributed by atoms with Gasteiger partial charge in [0.05, 0.1) is 33.6 Å². The van der Waals surface area contributed by atoms with Crippen molar-refractivity contribution in [1.29, 1.82) is 0 Å². The lowest BCUT2D eigenvalue weighted by molar-refractivity contribution is 0.0732. The predicted molar refractivity (Wildman–Crippen MR) is 125 cm³/mol. The van der Waals surface area contributed by atoms with Crippen LogP contribution in [0.25, 0.3) is 0 Å². The van der Waals surface area contributed by atoms with Gasteiger partial charge < -0.3 is 4.90 Å². The second-order valence-corrected chi connectivity index (χ2v) is 9.74. The summed E-state index contributed by atoms with van der Waals surface area (Å²) < 4.78 is 2.02. The zero-order valence-electron chi connectivity index (χ0n) is 18.6. The molecule has 1 aromatic heterocycles. The highest BCUT2D eigenvalue weighted by Gasteiger charge is 2.38. The molecule has 2 aliphatic rings. The van der Waals surface area contributed by atoms with Crippen LogP contribution in [0.15, 0.2) is 48.7 Å². The minimum atomic E-state index is -0.481. The largest absolute Gasteiger partial charge is 0.334 e. The lowest BCUT2D eigenvalue weighted by Crippen LogP contribution is -2.37. The molecule has 0 bridgehead atoms. The average molecular weight is 463 g/mol. The number of halogens is 1. The zero-order chi connectivity index (χ0) is 23.5. The Morgan fingerprint density at radius 2 is 1.76 bits per heavy atom. The van der Waals surface area contributed by atoms with Crippen LogP contribution >= 0.6 is 11.6 Å². The molecule has 3 aromatic rings. The van der Waals surface area contributed by atoms with Gasteiger partial charge in [-0.1, -0.05) is 23.7 Å². The van der Waals surface area contributed by atoms with Crippen molar-refractivity contribution < 1.29 is 14.4 Å². The zero-order valence-corrected chi connectivity index (χ0v) is 19.4. The molecule has 0 N–H and O–H groups in total. The number of fused-ring (bicyclic) bond motifs is 2. The van der Waals surface area contributed by atoms with Gasteiger partial charge >= 0.3 is 0 Å². The molecule has 3 amide bonds. The van der Waals surface area contributed by atoms with E-state index in [1.54, 1.807) is 41.3 Å². The van der Waals surface area contributed by atoms with Gasteiger partial charge in [0, 0.05) is 36.3 Å². The van der Waals surface area contributed by atoms with Gasteiger partial charge in [-0.25, -0.2) is 4.90 Å². The highest BCUT2D eigenvalue weighted by atomic mass is 35.5. The Balaban J connectivity index is 1.42. The molecule has 8 heteroatoms. The van der Waals surface area contributed by atoms with E-state index < -0.39 is 11.8 Å². The number of amides is 3. The van der Waals surface area contributed by atoms with Crippen LogP contribution in [0.5, 0.6) is 0 Å². The van der Waals surface area contributed by atoms with Crippen molar-refractivity contribution in [1.82, 2.24) is 14.7 Å². The Bertz CT molecular complexity index is 1320. The van der Waals surface area contributed by atoms with Gasteiger partial charge in [-0.05, 0) is 51.1 Å². The fourth-order valence-corrected chi connectivity index (χ4v) is 4.71. The summed E-state index contributed by atoms with van der Waals surface area (Å²) in [5, 5.41) is 4.83. The van der Waals surface area contributed by atoms with Gasteiger partial charge in [-0.3, -0.25) is 19.1 Å². The Morgan fingerprint density at radius 3 is 2.48 bits per heavy atom. The molecule has 168 valence electrons. The summed E-state index contributed by atoms with van der Waals surface area (Å²) >= 11 is 6.22. The molecule has 0 unspecified atom stereocenters. The lowest BCUT2D eigenvalue weighted by Gasteiger charge is -2.30. The topological polar surface area (TPSA) is 75.5 Å². The van der Waals surface area contributed by atoms with E-state index in [0.717, 1.165) is 16.2 Å². The van der Waals surface area contributed by atoms with E-state index in [4.69, 9.17) is 11.6 Å². The van der Waals surface area contributed by atoms with Gasteiger partial charge in [0.2, 0.25) is 0 Å². The van der Waals surface area contributed by atoms with E-state index in [9.17, 15) is 14.4 Å². The molecule has 2 aromatic carbocycles. The van der Waals surface area contributed by atoms with E-state index in [1.165, 1.54) is 6.07 Å². The number of hydrogen-bond acceptors (Lipinski definition) is 4. The highest BCUT2D eigenvalue weighted by molar-refractivity contribution is 6.39. The summed E-state index contributed by atoms with van der Waals surface area (Å²) in [5.74, 6) is -1.10. The second-order valence-electron chi connectivity index (χ2n) is 9.33. The van der Waals surface area contributed by atoms with Crippen molar-refractivity contribution >= 4 is 35.0 Å². The van der Waals surface area contributed by atoms with Gasteiger partial charge in [0.1, 0.15) is 0 Å². The lowest BCUT2D eigenvalue weighted by atomic mass is 10.0. The summed E-state index contributed by atoms with van der Waals surface area (Å²) in [6.45, 7) is 7.33. The first kappa shape index (κ1) is 21.4. The van der Waals surface area contributed by atoms with Crippen LogP contribution in [0.4, 0.5) is 5.69 Å². The van der Waals surface area contributed by atoms with Crippen LogP contribution in [0, 0.1) is 0 Å². The maximum absolute atomic E-state index is 13.3. The van der Waals surface area contributed by atoms with Crippen LogP contribution < -0.4 is 4.90 Å². The van der Waals surface area contributed by atoms with Crippen LogP contribution in [0.1, 0.15) is 63.1 Å². The molecule has 0 aliphatic carbocycles. The van der Waals surface area contributed by atoms with E-state index in [1.807, 2.05) is 10.9 Å². The van der Waals surface area contributed by atoms with Crippen LogP contribution in [0.2, 0.25) is 5.02 Å². The second kappa shape index (κ2) is 7.56. The molecule has 5 rings (SSSR count). The molecule has 0 saturated heterocycles. The van der Waals surface area contributed by atoms with Crippen LogP contribution in [-0.2, 0) is 18.5 Å². The Kier molecular flexibility index (Phi) is 4.90. The van der Waals surface area contributed by atoms with E-state index in [2.05, 4.69) is 25.9 Å². The molecular weight excluding hydrogens is 440 g/mol. The fraction of sp³-hybridized carbons (Fsp3) is 0.280. The smallest absolute Gasteiger partial charge is 0.266 e. The predicted octanol–water partition coefficient (Wildman–Crippen LogP) is 4.29. The van der Waals surface area contributed by atoms with E-state index in [0.29, 0.717) is 35.8 Å². The highest BCUT2D eigenvalue weighted by Crippen LogP contribution is 2.34. The van der Waals surface area contributed by atoms with Crippen molar-refractivity contribution in [2.24, 2.45) is 0 Å². The Morgan fingerprint density at radius 1 is 1.03 bits per heavy atom. The summed E-state index contributed by atoms with van der Waals surface area (Å²) in [6.07, 6.45) is 2.54. The molecule has 7 nitrogen and oxygen atoms in total. The standard InChI is InChI=1S/C25H23ClN4O3/c1-25(2,3)30-20-10-11-28(14-16(20)13-27-30)22(31)15-8-9-17-18(12-15)24(33)29(23(17)32)21-7-5-4-6-19(21)26/h4-9,12-13H,10-11,14H2,1-3H3. The van der Waals surface area contributed by atoms with E-state index in [-0.39, 0.29) is 22.6 Å². The number of para-hydroxylation sites is 1. The molecule has 33 heavy (non-hydrogen) atoms. The summed E-state index contributed by atoms with van der Waals surface area (Å²) in [4.78, 5) is 42.1. The molecule has 0 fully saturated rings. The van der Waals surface area contributed by atoms with Gasteiger partial charge in [0.25, 0.3) is 17.7 Å². The Hall–Kier alpha value is -3.45. The molecule has 3 heterocycles. The molecule has 0 atom stereocenters. The van der Waals surface area contributed by atoms with Gasteiger partial charge in [0.15, 0.2) is 0 Å². The van der Waals surface area contributed by atoms with Crippen molar-refractivity contribution in [3.63, 3.8) is 0 Å². The monoisotopic (exact) mass is 462 g/mol. The number of aromatic nitrogens is 2. The number of hydrogen-bond donors (Lipinski definition) is 0. The Labute approximate surface area is 196 Å². The number of carbonyl (C=O) groups excluding carboxylic acids is 3. The van der Waals surface area contributed by atoms with Crippen molar-refractivity contribution in [3.05, 3.63) is 81.6 Å². The summed E-state index contributed by atoms with van der Waals surface area (Å²) in [7, 11) is 0. The first-order valence-electron chi connectivity index (χ1n) is 10.8. The van der Waals surface area contributed by atoms with Crippen LogP contribution in [0.3, 0.4) is 0 Å². The molecule has 0 saturated carbocycles. The first-order valence-corrected chi connectivity index (χ1v) is 11.2. The summed E-state index contributed by atoms with van der Waals surface area (Å²) in [6, 6.07) is 11.4. The third kappa shape index (κ3) is 3.43. The number of benzene rings is 2. The quantitative estimate of drug-likeness (QED) is 0.532. The van der Waals surface area contributed by atoms with Gasteiger partial charge in [-0.2, -0.15) is 5.10 Å². The number of anilines is 1. The maximum Gasteiger partial charge on any atom is 0.266 e. The number of carbonyl (C=O) groups is 3. The SMILES string of the molecule is CC(C)(C)n1ncc2c1CCN(C(=O)c1ccc3c(c1)C(=O)N(c1ccccc1Cl)C3=O)C2. The molecule has 0 spiro atoms. The van der Waals surface area contributed by atoms with Gasteiger partial charge in [-0.15, -0.1) is 0 Å². The van der Waals surface area contributed by atoms with Crippen molar-refractivity contribution in [3.8, 4) is 0 Å². The average Bonchev–Trinajstić information content (AvgIpc) is 3.32. The minimum Gasteiger partial charge on any atom is -0.334 e. The van der Waals surface area contributed by atoms with Crippen LogP contribution in [-0.4, -0.2) is 38.9 Å². The number of imide groups is 1. The first-order chi connectivity index (χ1) is 15.7. The molecule has 2 aliphatic heterocycles. The van der Waals surface area contributed by atoms with E-state index >= 15 is 0 Å². The maximum atomic E-state index is 13.3.